The molecular formula is C17H25ClN4O4S. The number of aromatic nitrogens is 2. The van der Waals surface area contributed by atoms with Crippen molar-refractivity contribution in [2.45, 2.75) is 23.8 Å². The van der Waals surface area contributed by atoms with Gasteiger partial charge >= 0.3 is 0 Å². The van der Waals surface area contributed by atoms with E-state index in [1.165, 1.54) is 7.11 Å². The summed E-state index contributed by atoms with van der Waals surface area (Å²) in [5, 5.41) is 7.36. The Labute approximate surface area is 165 Å². The van der Waals surface area contributed by atoms with E-state index in [9.17, 15) is 8.42 Å². The topological polar surface area (TPSA) is 97.6 Å². The number of hydrogen-bond donors (Lipinski definition) is 1. The number of ether oxygens (including phenoxy) is 1. The van der Waals surface area contributed by atoms with Gasteiger partial charge in [-0.15, -0.1) is 12.4 Å². The third-order valence-electron chi connectivity index (χ3n) is 4.58. The molecule has 2 atom stereocenters. The monoisotopic (exact) mass is 416 g/mol. The predicted molar refractivity (Wildman–Crippen MR) is 103 cm³/mol. The highest BCUT2D eigenvalue weighted by atomic mass is 35.5. The van der Waals surface area contributed by atoms with Crippen LogP contribution in [0.5, 0.6) is 5.75 Å². The minimum absolute atomic E-state index is 0. The van der Waals surface area contributed by atoms with Gasteiger partial charge in [-0.3, -0.25) is 4.90 Å². The number of methoxy groups -OCH3 is 1. The Bertz CT molecular complexity index is 841. The summed E-state index contributed by atoms with van der Waals surface area (Å²) in [4.78, 5) is 6.85. The lowest BCUT2D eigenvalue weighted by Crippen LogP contribution is -2.44. The third-order valence-corrected chi connectivity index (χ3v) is 6.51. The van der Waals surface area contributed by atoms with E-state index >= 15 is 0 Å². The van der Waals surface area contributed by atoms with E-state index in [4.69, 9.17) is 9.26 Å². The van der Waals surface area contributed by atoms with Gasteiger partial charge in [0.1, 0.15) is 5.75 Å². The fourth-order valence-corrected chi connectivity index (χ4v) is 4.50. The number of rotatable bonds is 6. The highest BCUT2D eigenvalue weighted by Gasteiger charge is 2.28. The van der Waals surface area contributed by atoms with Crippen LogP contribution in [-0.2, 0) is 9.84 Å². The van der Waals surface area contributed by atoms with Gasteiger partial charge in [-0.1, -0.05) is 12.1 Å². The summed E-state index contributed by atoms with van der Waals surface area (Å²) in [7, 11) is 0.0876. The van der Waals surface area contributed by atoms with Crippen LogP contribution in [0.25, 0.3) is 0 Å². The second kappa shape index (κ2) is 9.01. The molecule has 0 radical (unpaired) electrons. The number of likely N-dealkylation sites (N-methyl/N-ethyl adjacent to an activating group) is 1. The summed E-state index contributed by atoms with van der Waals surface area (Å²) < 4.78 is 35.7. The van der Waals surface area contributed by atoms with Crippen molar-refractivity contribution in [3.8, 4) is 5.75 Å². The Balaban J connectivity index is 0.00000261. The molecule has 3 rings (SSSR count). The van der Waals surface area contributed by atoms with Crippen LogP contribution in [0.3, 0.4) is 0 Å². The first kappa shape index (κ1) is 21.6. The Kier molecular flexibility index (Phi) is 7.21. The molecule has 0 bridgehead atoms. The molecule has 1 aromatic heterocycles. The Morgan fingerprint density at radius 2 is 2.07 bits per heavy atom. The van der Waals surface area contributed by atoms with Crippen molar-refractivity contribution in [2.24, 2.45) is 0 Å². The van der Waals surface area contributed by atoms with Crippen LogP contribution in [0.15, 0.2) is 33.7 Å². The molecule has 0 aliphatic carbocycles. The first-order valence-corrected chi connectivity index (χ1v) is 10.2. The lowest BCUT2D eigenvalue weighted by atomic mass is 10.2. The SMILES string of the molecule is COc1ccc(S(=O)(=O)CC(C)c2nc(C3CNCCN3C)no2)cc1.Cl. The number of sulfone groups is 1. The van der Waals surface area contributed by atoms with Crippen LogP contribution in [0.4, 0.5) is 0 Å². The van der Waals surface area contributed by atoms with Crippen LogP contribution in [-0.4, -0.2) is 63.0 Å². The standard InChI is InChI=1S/C17H24N4O4S.ClH/c1-12(11-26(22,23)14-6-4-13(24-3)5-7-14)17-19-16(20-25-17)15-10-18-8-9-21(15)2;/h4-7,12,15,18H,8-11H2,1-3H3;1H. The van der Waals surface area contributed by atoms with Crippen molar-refractivity contribution >= 4 is 22.2 Å². The lowest BCUT2D eigenvalue weighted by molar-refractivity contribution is 0.190. The van der Waals surface area contributed by atoms with E-state index in [0.717, 1.165) is 19.6 Å². The average Bonchev–Trinajstić information content (AvgIpc) is 3.12. The molecular weight excluding hydrogens is 392 g/mol. The molecule has 27 heavy (non-hydrogen) atoms. The molecule has 1 aromatic carbocycles. The Hall–Kier alpha value is -1.68. The van der Waals surface area contributed by atoms with Gasteiger partial charge in [-0.05, 0) is 31.3 Å². The minimum atomic E-state index is -3.47. The number of hydrogen-bond acceptors (Lipinski definition) is 8. The molecule has 150 valence electrons. The van der Waals surface area contributed by atoms with Crippen LogP contribution in [0, 0.1) is 0 Å². The fraction of sp³-hybridized carbons (Fsp3) is 0.529. The molecule has 2 unspecified atom stereocenters. The Morgan fingerprint density at radius 1 is 1.37 bits per heavy atom. The highest BCUT2D eigenvalue weighted by Crippen LogP contribution is 2.24. The molecule has 1 aliphatic rings. The molecule has 2 aromatic rings. The zero-order valence-corrected chi connectivity index (χ0v) is 17.2. The average molecular weight is 417 g/mol. The van der Waals surface area contributed by atoms with Crippen molar-refractivity contribution in [1.82, 2.24) is 20.4 Å². The van der Waals surface area contributed by atoms with E-state index < -0.39 is 15.8 Å². The van der Waals surface area contributed by atoms with Crippen molar-refractivity contribution < 1.29 is 17.7 Å². The molecule has 1 fully saturated rings. The molecule has 0 spiro atoms. The van der Waals surface area contributed by atoms with E-state index in [0.29, 0.717) is 17.5 Å². The maximum atomic E-state index is 12.6. The largest absolute Gasteiger partial charge is 0.497 e. The van der Waals surface area contributed by atoms with Crippen molar-refractivity contribution in [3.05, 3.63) is 36.0 Å². The normalized spacial score (nSPS) is 19.3. The fourth-order valence-electron chi connectivity index (χ4n) is 2.96. The lowest BCUT2D eigenvalue weighted by Gasteiger charge is -2.30. The molecule has 10 heteroatoms. The second-order valence-corrected chi connectivity index (χ2v) is 8.58. The number of piperazine rings is 1. The number of halogens is 1. The molecule has 1 N–H and O–H groups in total. The predicted octanol–water partition coefficient (Wildman–Crippen LogP) is 1.65. The van der Waals surface area contributed by atoms with Crippen molar-refractivity contribution in [2.75, 3.05) is 39.5 Å². The van der Waals surface area contributed by atoms with Crippen LogP contribution < -0.4 is 10.1 Å². The van der Waals surface area contributed by atoms with Gasteiger partial charge in [-0.25, -0.2) is 8.42 Å². The van der Waals surface area contributed by atoms with E-state index in [-0.39, 0.29) is 29.1 Å². The summed E-state index contributed by atoms with van der Waals surface area (Å²) in [5.41, 5.74) is 0. The van der Waals surface area contributed by atoms with E-state index in [1.807, 2.05) is 7.05 Å². The van der Waals surface area contributed by atoms with Gasteiger partial charge in [0, 0.05) is 25.6 Å². The van der Waals surface area contributed by atoms with Gasteiger partial charge in [0.2, 0.25) is 5.89 Å². The number of nitrogens with one attached hydrogen (secondary N) is 1. The molecule has 0 saturated carbocycles. The van der Waals surface area contributed by atoms with Gasteiger partial charge in [0.25, 0.3) is 0 Å². The summed E-state index contributed by atoms with van der Waals surface area (Å²) in [6, 6.07) is 6.39. The van der Waals surface area contributed by atoms with Gasteiger partial charge in [0.15, 0.2) is 15.7 Å². The summed E-state index contributed by atoms with van der Waals surface area (Å²) in [5.74, 6) is 1.05. The zero-order chi connectivity index (χ0) is 18.7. The number of nitrogens with zero attached hydrogens (tertiary/aromatic N) is 3. The van der Waals surface area contributed by atoms with Gasteiger partial charge in [0.05, 0.1) is 23.8 Å². The quantitative estimate of drug-likeness (QED) is 0.759. The van der Waals surface area contributed by atoms with Gasteiger partial charge < -0.3 is 14.6 Å². The van der Waals surface area contributed by atoms with Gasteiger partial charge in [-0.2, -0.15) is 4.98 Å². The molecule has 8 nitrogen and oxygen atoms in total. The third kappa shape index (κ3) is 4.98. The smallest absolute Gasteiger partial charge is 0.230 e. The van der Waals surface area contributed by atoms with Crippen LogP contribution in [0.1, 0.15) is 30.6 Å². The molecule has 0 amide bonds. The highest BCUT2D eigenvalue weighted by molar-refractivity contribution is 7.91. The molecule has 2 heterocycles. The molecule has 1 saturated heterocycles. The van der Waals surface area contributed by atoms with Crippen molar-refractivity contribution in [1.29, 1.82) is 0 Å². The van der Waals surface area contributed by atoms with Crippen molar-refractivity contribution in [3.63, 3.8) is 0 Å². The molecule has 1 aliphatic heterocycles. The minimum Gasteiger partial charge on any atom is -0.497 e. The Morgan fingerprint density at radius 3 is 2.70 bits per heavy atom. The zero-order valence-electron chi connectivity index (χ0n) is 15.6. The van der Waals surface area contributed by atoms with Crippen LogP contribution in [0.2, 0.25) is 0 Å². The first-order valence-electron chi connectivity index (χ1n) is 8.52. The number of benzene rings is 1. The summed E-state index contributed by atoms with van der Waals surface area (Å²) in [6.07, 6.45) is 0. The van der Waals surface area contributed by atoms with E-state index in [2.05, 4.69) is 20.4 Å². The summed E-state index contributed by atoms with van der Waals surface area (Å²) in [6.45, 7) is 4.35. The second-order valence-electron chi connectivity index (χ2n) is 6.55. The first-order chi connectivity index (χ1) is 12.4. The maximum absolute atomic E-state index is 12.6. The summed E-state index contributed by atoms with van der Waals surface area (Å²) >= 11 is 0. The van der Waals surface area contributed by atoms with Crippen LogP contribution >= 0.6 is 12.4 Å². The maximum Gasteiger partial charge on any atom is 0.230 e. The van der Waals surface area contributed by atoms with E-state index in [1.54, 1.807) is 31.2 Å².